The second-order valence-corrected chi connectivity index (χ2v) is 6.51. The van der Waals surface area contributed by atoms with E-state index in [1.54, 1.807) is 19.1 Å². The number of halogens is 1. The first-order chi connectivity index (χ1) is 12.0. The van der Waals surface area contributed by atoms with Crippen molar-refractivity contribution in [1.82, 2.24) is 5.32 Å². The van der Waals surface area contributed by atoms with E-state index in [-0.39, 0.29) is 23.9 Å². The lowest BCUT2D eigenvalue weighted by Crippen LogP contribution is -2.37. The molecule has 2 N–H and O–H groups in total. The predicted molar refractivity (Wildman–Crippen MR) is 93.2 cm³/mol. The molecule has 0 spiro atoms. The van der Waals surface area contributed by atoms with Gasteiger partial charge in [-0.2, -0.15) is 0 Å². The monoisotopic (exact) mass is 346 g/mol. The summed E-state index contributed by atoms with van der Waals surface area (Å²) in [7, 11) is 0. The lowest BCUT2D eigenvalue weighted by molar-refractivity contribution is 0.0938. The highest BCUT2D eigenvalue weighted by Gasteiger charge is 2.23. The number of aliphatic hydroxyl groups is 1. The third-order valence-corrected chi connectivity index (χ3v) is 4.71. The molecule has 1 aliphatic heterocycles. The Morgan fingerprint density at radius 1 is 1.36 bits per heavy atom. The van der Waals surface area contributed by atoms with Gasteiger partial charge in [-0.1, -0.05) is 0 Å². The van der Waals surface area contributed by atoms with Gasteiger partial charge in [0.1, 0.15) is 11.6 Å². The molecule has 1 atom stereocenters. The Morgan fingerprint density at radius 3 is 2.72 bits per heavy atom. The van der Waals surface area contributed by atoms with Gasteiger partial charge in [0.25, 0.3) is 5.91 Å². The van der Waals surface area contributed by atoms with Crippen molar-refractivity contribution in [2.24, 2.45) is 0 Å². The molecular weight excluding hydrogens is 323 g/mol. The number of anilines is 1. The number of nitrogens with zero attached hydrogens (tertiary/aromatic N) is 1. The average Bonchev–Trinajstić information content (AvgIpc) is 3.02. The summed E-state index contributed by atoms with van der Waals surface area (Å²) in [5.74, 6) is -0.0337. The van der Waals surface area contributed by atoms with Crippen molar-refractivity contribution in [3.05, 3.63) is 53.2 Å². The molecule has 1 saturated heterocycles. The van der Waals surface area contributed by atoms with Gasteiger partial charge in [-0.05, 0) is 51.0 Å². The predicted octanol–water partition coefficient (Wildman–Crippen LogP) is 3.18. The number of hydrogen-bond acceptors (Lipinski definition) is 4. The molecular formula is C19H23FN2O3. The van der Waals surface area contributed by atoms with Crippen LogP contribution in [0.3, 0.4) is 0 Å². The van der Waals surface area contributed by atoms with Crippen molar-refractivity contribution in [3.8, 4) is 0 Å². The molecule has 5 nitrogen and oxygen atoms in total. The number of benzene rings is 1. The zero-order valence-corrected chi connectivity index (χ0v) is 14.5. The van der Waals surface area contributed by atoms with Crippen LogP contribution in [-0.2, 0) is 0 Å². The zero-order chi connectivity index (χ0) is 18.0. The number of amides is 1. The van der Waals surface area contributed by atoms with Gasteiger partial charge in [0, 0.05) is 24.3 Å². The summed E-state index contributed by atoms with van der Waals surface area (Å²) in [6.45, 7) is 4.99. The first-order valence-corrected chi connectivity index (χ1v) is 8.53. The fourth-order valence-corrected chi connectivity index (χ4v) is 3.24. The number of nitrogens with one attached hydrogen (secondary N) is 1. The smallest absolute Gasteiger partial charge is 0.255 e. The van der Waals surface area contributed by atoms with Crippen LogP contribution in [0.4, 0.5) is 10.1 Å². The minimum Gasteiger partial charge on any atom is -0.469 e. The quantitative estimate of drug-likeness (QED) is 0.892. The average molecular weight is 346 g/mol. The van der Waals surface area contributed by atoms with Gasteiger partial charge in [-0.3, -0.25) is 4.79 Å². The standard InChI is InChI=1S/C19H23FN2O3/c1-12(21-19(24)16-7-10-25-13(16)2)17-11-14(20)3-4-18(17)22-8-5-15(23)6-9-22/h3-4,7,10-12,15,23H,5-6,8-9H2,1-2H3,(H,21,24)/t12-/m1/s1. The first kappa shape index (κ1) is 17.5. The fourth-order valence-electron chi connectivity index (χ4n) is 3.24. The Kier molecular flexibility index (Phi) is 5.08. The molecule has 0 bridgehead atoms. The van der Waals surface area contributed by atoms with E-state index in [0.717, 1.165) is 11.3 Å². The van der Waals surface area contributed by atoms with Gasteiger partial charge in [0.05, 0.1) is 24.0 Å². The van der Waals surface area contributed by atoms with Crippen LogP contribution in [0.1, 0.15) is 47.5 Å². The maximum atomic E-state index is 13.8. The zero-order valence-electron chi connectivity index (χ0n) is 14.5. The van der Waals surface area contributed by atoms with E-state index in [9.17, 15) is 14.3 Å². The topological polar surface area (TPSA) is 65.7 Å². The molecule has 0 saturated carbocycles. The van der Waals surface area contributed by atoms with Crippen molar-refractivity contribution >= 4 is 11.6 Å². The summed E-state index contributed by atoms with van der Waals surface area (Å²) < 4.78 is 19.0. The number of carbonyl (C=O) groups is 1. The molecule has 1 aromatic carbocycles. The van der Waals surface area contributed by atoms with Crippen molar-refractivity contribution in [2.75, 3.05) is 18.0 Å². The molecule has 1 fully saturated rings. The van der Waals surface area contributed by atoms with E-state index >= 15 is 0 Å². The normalized spacial score (nSPS) is 16.7. The molecule has 1 amide bonds. The number of piperidine rings is 1. The SMILES string of the molecule is Cc1occc1C(=O)N[C@H](C)c1cc(F)ccc1N1CCC(O)CC1. The fraction of sp³-hybridized carbons (Fsp3) is 0.421. The van der Waals surface area contributed by atoms with Crippen LogP contribution in [0, 0.1) is 12.7 Å². The second-order valence-electron chi connectivity index (χ2n) is 6.51. The number of hydrogen-bond donors (Lipinski definition) is 2. The highest BCUT2D eigenvalue weighted by Crippen LogP contribution is 2.30. The van der Waals surface area contributed by atoms with Crippen LogP contribution in [0.25, 0.3) is 0 Å². The second kappa shape index (κ2) is 7.27. The number of aliphatic hydroxyl groups excluding tert-OH is 1. The molecule has 1 aromatic heterocycles. The summed E-state index contributed by atoms with van der Waals surface area (Å²) in [5, 5.41) is 12.6. The lowest BCUT2D eigenvalue weighted by atomic mass is 10.0. The summed E-state index contributed by atoms with van der Waals surface area (Å²) in [4.78, 5) is 14.5. The van der Waals surface area contributed by atoms with Crippen molar-refractivity contribution < 1.29 is 18.7 Å². The summed E-state index contributed by atoms with van der Waals surface area (Å²) in [6, 6.07) is 5.90. The molecule has 0 aliphatic carbocycles. The minimum absolute atomic E-state index is 0.247. The highest BCUT2D eigenvalue weighted by molar-refractivity contribution is 5.95. The van der Waals surface area contributed by atoms with Crippen LogP contribution in [0.5, 0.6) is 0 Å². The summed E-state index contributed by atoms with van der Waals surface area (Å²) in [5.41, 5.74) is 2.10. The lowest BCUT2D eigenvalue weighted by Gasteiger charge is -2.34. The largest absolute Gasteiger partial charge is 0.469 e. The highest BCUT2D eigenvalue weighted by atomic mass is 19.1. The Balaban J connectivity index is 1.81. The molecule has 134 valence electrons. The minimum atomic E-state index is -0.362. The first-order valence-electron chi connectivity index (χ1n) is 8.53. The molecule has 0 radical (unpaired) electrons. The number of aryl methyl sites for hydroxylation is 1. The van der Waals surface area contributed by atoms with Gasteiger partial charge in [0.15, 0.2) is 0 Å². The van der Waals surface area contributed by atoms with Gasteiger partial charge in [-0.15, -0.1) is 0 Å². The van der Waals surface area contributed by atoms with Crippen molar-refractivity contribution in [1.29, 1.82) is 0 Å². The van der Waals surface area contributed by atoms with Gasteiger partial charge in [0.2, 0.25) is 0 Å². The van der Waals surface area contributed by atoms with Crippen LogP contribution in [0.2, 0.25) is 0 Å². The number of furan rings is 1. The van der Waals surface area contributed by atoms with Gasteiger partial charge < -0.3 is 19.7 Å². The van der Waals surface area contributed by atoms with E-state index < -0.39 is 0 Å². The summed E-state index contributed by atoms with van der Waals surface area (Å²) >= 11 is 0. The number of rotatable bonds is 4. The maximum absolute atomic E-state index is 13.8. The Bertz CT molecular complexity index is 751. The van der Waals surface area contributed by atoms with Crippen molar-refractivity contribution in [3.63, 3.8) is 0 Å². The maximum Gasteiger partial charge on any atom is 0.255 e. The van der Waals surface area contributed by atoms with Gasteiger partial charge >= 0.3 is 0 Å². The van der Waals surface area contributed by atoms with Crippen LogP contribution < -0.4 is 10.2 Å². The van der Waals surface area contributed by atoms with Gasteiger partial charge in [-0.25, -0.2) is 4.39 Å². The van der Waals surface area contributed by atoms with E-state index in [0.29, 0.717) is 37.3 Å². The molecule has 2 aromatic rings. The number of carbonyl (C=O) groups excluding carboxylic acids is 1. The van der Waals surface area contributed by atoms with E-state index in [2.05, 4.69) is 10.2 Å². The van der Waals surface area contributed by atoms with Crippen LogP contribution in [-0.4, -0.2) is 30.2 Å². The Morgan fingerprint density at radius 2 is 2.08 bits per heavy atom. The Labute approximate surface area is 146 Å². The third kappa shape index (κ3) is 3.85. The van der Waals surface area contributed by atoms with Crippen molar-refractivity contribution in [2.45, 2.75) is 38.8 Å². The molecule has 25 heavy (non-hydrogen) atoms. The third-order valence-electron chi connectivity index (χ3n) is 4.71. The molecule has 0 unspecified atom stereocenters. The Hall–Kier alpha value is -2.34. The van der Waals surface area contributed by atoms with E-state index in [1.165, 1.54) is 18.4 Å². The molecule has 6 heteroatoms. The molecule has 3 rings (SSSR count). The molecule has 2 heterocycles. The van der Waals surface area contributed by atoms with E-state index in [4.69, 9.17) is 4.42 Å². The van der Waals surface area contributed by atoms with Crippen LogP contribution in [0.15, 0.2) is 34.9 Å². The molecule has 1 aliphatic rings. The van der Waals surface area contributed by atoms with E-state index in [1.807, 2.05) is 6.92 Å². The summed E-state index contributed by atoms with van der Waals surface area (Å²) in [6.07, 6.45) is 2.57. The van der Waals surface area contributed by atoms with Crippen LogP contribution >= 0.6 is 0 Å².